The summed E-state index contributed by atoms with van der Waals surface area (Å²) in [6, 6.07) is 0. The molecule has 1 N–H and O–H groups in total. The molecule has 2 unspecified atom stereocenters. The molecule has 1 saturated heterocycles. The third kappa shape index (κ3) is 1.79. The summed E-state index contributed by atoms with van der Waals surface area (Å²) in [5.74, 6) is 0. The Balaban J connectivity index is 2.60. The van der Waals surface area contributed by atoms with Gasteiger partial charge in [0.25, 0.3) is 0 Å². The topological polar surface area (TPSA) is 32.7 Å². The van der Waals surface area contributed by atoms with Crippen LogP contribution in [-0.2, 0) is 4.74 Å². The first-order chi connectivity index (χ1) is 5.60. The zero-order valence-electron chi connectivity index (χ0n) is 8.21. The van der Waals surface area contributed by atoms with Crippen molar-refractivity contribution in [2.24, 2.45) is 0 Å². The molecule has 2 atom stereocenters. The van der Waals surface area contributed by atoms with Gasteiger partial charge in [-0.25, -0.2) is 4.90 Å². The smallest absolute Gasteiger partial charge is 0.120 e. The van der Waals surface area contributed by atoms with Crippen LogP contribution in [0.4, 0.5) is 0 Å². The van der Waals surface area contributed by atoms with E-state index >= 15 is 0 Å². The Kier molecular flexibility index (Phi) is 3.09. The van der Waals surface area contributed by atoms with E-state index in [9.17, 15) is 5.11 Å². The molecule has 0 spiro atoms. The second-order valence-electron chi connectivity index (χ2n) is 3.60. The highest BCUT2D eigenvalue weighted by atomic mass is 16.5. The minimum Gasteiger partial charge on any atom is -0.379 e. The number of hydrogen-bond donors (Lipinski definition) is 1. The molecule has 0 amide bonds. The van der Waals surface area contributed by atoms with Crippen molar-refractivity contribution in [3.8, 4) is 0 Å². The Bertz CT molecular complexity index is 149. The highest BCUT2D eigenvalue weighted by Gasteiger charge is 2.38. The number of rotatable bonds is 3. The molecule has 0 aromatic heterocycles. The van der Waals surface area contributed by atoms with Gasteiger partial charge >= 0.3 is 0 Å². The third-order valence-corrected chi connectivity index (χ3v) is 2.52. The van der Waals surface area contributed by atoms with Gasteiger partial charge in [-0.05, 0) is 20.3 Å². The van der Waals surface area contributed by atoms with E-state index in [1.165, 1.54) is 0 Å². The molecule has 0 radical (unpaired) electrons. The number of nitrogens with zero attached hydrogens (tertiary/aromatic N) is 1. The maximum absolute atomic E-state index is 9.46. The summed E-state index contributed by atoms with van der Waals surface area (Å²) < 4.78 is 5.62. The van der Waals surface area contributed by atoms with Crippen LogP contribution >= 0.6 is 0 Å². The summed E-state index contributed by atoms with van der Waals surface area (Å²) in [7, 11) is 0. The molecule has 72 valence electrons. The maximum Gasteiger partial charge on any atom is 0.120 e. The quantitative estimate of drug-likeness (QED) is 0.695. The molecular formula is C9H19NO2. The van der Waals surface area contributed by atoms with Crippen molar-refractivity contribution in [1.82, 2.24) is 4.90 Å². The van der Waals surface area contributed by atoms with Crippen LogP contribution in [-0.4, -0.2) is 35.1 Å². The summed E-state index contributed by atoms with van der Waals surface area (Å²) in [5.41, 5.74) is -0.233. The number of aliphatic hydroxyl groups excluding tert-OH is 1. The van der Waals surface area contributed by atoms with E-state index < -0.39 is 6.23 Å². The highest BCUT2D eigenvalue weighted by Crippen LogP contribution is 2.28. The molecule has 0 aromatic carbocycles. The van der Waals surface area contributed by atoms with E-state index in [0.29, 0.717) is 0 Å². The van der Waals surface area contributed by atoms with Crippen LogP contribution in [0.15, 0.2) is 0 Å². The van der Waals surface area contributed by atoms with E-state index in [1.807, 2.05) is 4.90 Å². The zero-order valence-corrected chi connectivity index (χ0v) is 8.21. The van der Waals surface area contributed by atoms with Crippen molar-refractivity contribution in [3.05, 3.63) is 0 Å². The van der Waals surface area contributed by atoms with Gasteiger partial charge in [0.1, 0.15) is 12.0 Å². The Hall–Kier alpha value is -0.120. The van der Waals surface area contributed by atoms with Gasteiger partial charge < -0.3 is 9.84 Å². The lowest BCUT2D eigenvalue weighted by atomic mass is 10.1. The summed E-state index contributed by atoms with van der Waals surface area (Å²) in [6.45, 7) is 7.56. The van der Waals surface area contributed by atoms with Gasteiger partial charge in [0.05, 0.1) is 6.61 Å². The van der Waals surface area contributed by atoms with E-state index in [4.69, 9.17) is 4.74 Å². The van der Waals surface area contributed by atoms with Crippen LogP contribution in [0, 0.1) is 0 Å². The number of hydrogen-bond acceptors (Lipinski definition) is 3. The third-order valence-electron chi connectivity index (χ3n) is 2.52. The van der Waals surface area contributed by atoms with E-state index in [2.05, 4.69) is 13.8 Å². The largest absolute Gasteiger partial charge is 0.379 e. The van der Waals surface area contributed by atoms with E-state index in [0.717, 1.165) is 26.0 Å². The fraction of sp³-hybridized carbons (Fsp3) is 1.00. The summed E-state index contributed by atoms with van der Waals surface area (Å²) in [4.78, 5) is 2.01. The molecule has 1 heterocycles. The zero-order chi connectivity index (χ0) is 9.19. The van der Waals surface area contributed by atoms with E-state index in [-0.39, 0.29) is 5.72 Å². The molecule has 0 aromatic rings. The van der Waals surface area contributed by atoms with Crippen LogP contribution < -0.4 is 0 Å². The first-order valence-corrected chi connectivity index (χ1v) is 4.69. The molecule has 3 nitrogen and oxygen atoms in total. The van der Waals surface area contributed by atoms with Gasteiger partial charge in [0.15, 0.2) is 0 Å². The fourth-order valence-electron chi connectivity index (χ4n) is 1.94. The summed E-state index contributed by atoms with van der Waals surface area (Å²) >= 11 is 0. The lowest BCUT2D eigenvalue weighted by Gasteiger charge is -2.35. The lowest BCUT2D eigenvalue weighted by Crippen LogP contribution is -2.47. The first-order valence-electron chi connectivity index (χ1n) is 4.69. The average molecular weight is 173 g/mol. The van der Waals surface area contributed by atoms with Crippen molar-refractivity contribution in [1.29, 1.82) is 0 Å². The molecule has 1 fully saturated rings. The molecule has 12 heavy (non-hydrogen) atoms. The molecule has 0 bridgehead atoms. The summed E-state index contributed by atoms with van der Waals surface area (Å²) in [6.07, 6.45) is 1.67. The number of ether oxygens (including phenoxy) is 1. The maximum atomic E-state index is 9.46. The molecular weight excluding hydrogens is 154 g/mol. The Morgan fingerprint density at radius 3 is 2.83 bits per heavy atom. The average Bonchev–Trinajstić information content (AvgIpc) is 2.32. The van der Waals surface area contributed by atoms with Crippen LogP contribution in [0.1, 0.15) is 33.6 Å². The van der Waals surface area contributed by atoms with Gasteiger partial charge in [0.2, 0.25) is 0 Å². The predicted octanol–water partition coefficient (Wildman–Crippen LogP) is 1.17. The van der Waals surface area contributed by atoms with Gasteiger partial charge in [-0.3, -0.25) is 0 Å². The molecule has 3 heteroatoms. The first kappa shape index (κ1) is 9.96. The normalized spacial score (nSPS) is 34.0. The minimum atomic E-state index is -0.399. The van der Waals surface area contributed by atoms with Crippen molar-refractivity contribution in [3.63, 3.8) is 0 Å². The van der Waals surface area contributed by atoms with Crippen LogP contribution in [0.2, 0.25) is 0 Å². The second kappa shape index (κ2) is 3.73. The molecule has 0 aliphatic carbocycles. The SMILES string of the molecule is CCCC1(C)OCCN1C(C)O. The molecule has 1 rings (SSSR count). The van der Waals surface area contributed by atoms with Crippen molar-refractivity contribution < 1.29 is 9.84 Å². The lowest BCUT2D eigenvalue weighted by molar-refractivity contribution is -0.130. The molecule has 1 aliphatic rings. The second-order valence-corrected chi connectivity index (χ2v) is 3.60. The molecule has 1 aliphatic heterocycles. The number of aliphatic hydroxyl groups is 1. The van der Waals surface area contributed by atoms with Gasteiger partial charge in [-0.1, -0.05) is 13.3 Å². The highest BCUT2D eigenvalue weighted by molar-refractivity contribution is 4.82. The van der Waals surface area contributed by atoms with Crippen molar-refractivity contribution in [2.75, 3.05) is 13.2 Å². The minimum absolute atomic E-state index is 0.233. The fourth-order valence-corrected chi connectivity index (χ4v) is 1.94. The van der Waals surface area contributed by atoms with Crippen LogP contribution in [0.5, 0.6) is 0 Å². The van der Waals surface area contributed by atoms with Crippen molar-refractivity contribution in [2.45, 2.75) is 45.6 Å². The van der Waals surface area contributed by atoms with Gasteiger partial charge in [0, 0.05) is 6.54 Å². The van der Waals surface area contributed by atoms with Gasteiger partial charge in [-0.15, -0.1) is 0 Å². The van der Waals surface area contributed by atoms with Crippen LogP contribution in [0.25, 0.3) is 0 Å². The van der Waals surface area contributed by atoms with Gasteiger partial charge in [-0.2, -0.15) is 0 Å². The standard InChI is InChI=1S/C9H19NO2/c1-4-5-9(3)10(8(2)11)6-7-12-9/h8,11H,4-7H2,1-3H3. The monoisotopic (exact) mass is 173 g/mol. The molecule has 0 saturated carbocycles. The summed E-state index contributed by atoms with van der Waals surface area (Å²) in [5, 5.41) is 9.46. The Morgan fingerprint density at radius 2 is 2.33 bits per heavy atom. The Labute approximate surface area is 74.3 Å². The van der Waals surface area contributed by atoms with Crippen LogP contribution in [0.3, 0.4) is 0 Å². The van der Waals surface area contributed by atoms with E-state index in [1.54, 1.807) is 6.92 Å². The van der Waals surface area contributed by atoms with Crippen molar-refractivity contribution >= 4 is 0 Å². The predicted molar refractivity (Wildman–Crippen MR) is 47.7 cm³/mol. The Morgan fingerprint density at radius 1 is 1.67 bits per heavy atom.